The van der Waals surface area contributed by atoms with Crippen molar-refractivity contribution in [2.75, 3.05) is 13.7 Å². The van der Waals surface area contributed by atoms with E-state index in [0.29, 0.717) is 17.9 Å². The van der Waals surface area contributed by atoms with Crippen LogP contribution in [-0.4, -0.2) is 29.5 Å². The van der Waals surface area contributed by atoms with Gasteiger partial charge in [-0.3, -0.25) is 4.68 Å². The molecule has 0 atom stereocenters. The summed E-state index contributed by atoms with van der Waals surface area (Å²) in [5.41, 5.74) is 1.19. The van der Waals surface area contributed by atoms with Crippen LogP contribution in [0.25, 0.3) is 10.9 Å². The van der Waals surface area contributed by atoms with Gasteiger partial charge in [-0.15, -0.1) is 0 Å². The number of aromatic nitrogens is 2. The van der Waals surface area contributed by atoms with Crippen molar-refractivity contribution in [1.29, 1.82) is 0 Å². The number of ether oxygens (including phenoxy) is 2. The highest BCUT2D eigenvalue weighted by Gasteiger charge is 2.14. The van der Waals surface area contributed by atoms with Crippen LogP contribution in [0.2, 0.25) is 0 Å². The molecule has 5 heteroatoms. The van der Waals surface area contributed by atoms with Gasteiger partial charge in [0.1, 0.15) is 5.75 Å². The van der Waals surface area contributed by atoms with Gasteiger partial charge in [-0.25, -0.2) is 4.79 Å². The van der Waals surface area contributed by atoms with E-state index in [-0.39, 0.29) is 12.0 Å². The molecule has 0 radical (unpaired) electrons. The molecule has 2 aromatic rings. The molecule has 0 saturated heterocycles. The van der Waals surface area contributed by atoms with Gasteiger partial charge in [-0.05, 0) is 32.9 Å². The molecule has 0 aliphatic carbocycles. The molecule has 1 heterocycles. The Morgan fingerprint density at radius 3 is 2.74 bits per heavy atom. The van der Waals surface area contributed by atoms with Crippen molar-refractivity contribution < 1.29 is 14.3 Å². The van der Waals surface area contributed by atoms with Crippen molar-refractivity contribution in [3.8, 4) is 5.75 Å². The number of benzene rings is 1. The van der Waals surface area contributed by atoms with Gasteiger partial charge in [0.15, 0.2) is 0 Å². The summed E-state index contributed by atoms with van der Waals surface area (Å²) >= 11 is 0. The Balaban J connectivity index is 2.55. The van der Waals surface area contributed by atoms with E-state index in [2.05, 4.69) is 5.10 Å². The summed E-state index contributed by atoms with van der Waals surface area (Å²) in [5, 5.41) is 5.35. The average molecular weight is 262 g/mol. The number of carbonyl (C=O) groups is 1. The van der Waals surface area contributed by atoms with E-state index in [1.807, 2.05) is 24.7 Å². The van der Waals surface area contributed by atoms with E-state index in [1.54, 1.807) is 26.2 Å². The first-order valence-electron chi connectivity index (χ1n) is 6.30. The number of carbonyl (C=O) groups excluding carboxylic acids is 1. The molecule has 19 heavy (non-hydrogen) atoms. The van der Waals surface area contributed by atoms with Gasteiger partial charge >= 0.3 is 5.97 Å². The summed E-state index contributed by atoms with van der Waals surface area (Å²) in [7, 11) is 1.58. The molecule has 5 nitrogen and oxygen atoms in total. The molecule has 2 rings (SSSR count). The van der Waals surface area contributed by atoms with Crippen molar-refractivity contribution in [2.45, 2.75) is 26.8 Å². The molecule has 0 unspecified atom stereocenters. The molecular weight excluding hydrogens is 244 g/mol. The van der Waals surface area contributed by atoms with Crippen LogP contribution in [0, 0.1) is 0 Å². The van der Waals surface area contributed by atoms with E-state index in [0.717, 1.165) is 10.9 Å². The Morgan fingerprint density at radius 2 is 2.16 bits per heavy atom. The molecule has 0 fully saturated rings. The van der Waals surface area contributed by atoms with Crippen molar-refractivity contribution in [1.82, 2.24) is 9.78 Å². The maximum absolute atomic E-state index is 11.8. The average Bonchev–Trinajstić information content (AvgIpc) is 2.81. The molecule has 102 valence electrons. The van der Waals surface area contributed by atoms with Gasteiger partial charge < -0.3 is 9.47 Å². The minimum Gasteiger partial charge on any atom is -0.496 e. The standard InChI is InChI=1S/C14H18N2O3/c1-5-19-14(17)10-6-12-11(13(7-10)18-4)8-16(15-12)9(2)3/h6-9H,5H2,1-4H3. The Hall–Kier alpha value is -2.04. The van der Waals surface area contributed by atoms with Crippen LogP contribution < -0.4 is 4.74 Å². The molecule has 0 aliphatic heterocycles. The van der Waals surface area contributed by atoms with Crippen LogP contribution in [0.1, 0.15) is 37.2 Å². The van der Waals surface area contributed by atoms with Crippen LogP contribution in [-0.2, 0) is 4.74 Å². The summed E-state index contributed by atoms with van der Waals surface area (Å²) < 4.78 is 12.2. The zero-order valence-electron chi connectivity index (χ0n) is 11.6. The van der Waals surface area contributed by atoms with Crippen molar-refractivity contribution >= 4 is 16.9 Å². The van der Waals surface area contributed by atoms with E-state index >= 15 is 0 Å². The van der Waals surface area contributed by atoms with Crippen LogP contribution in [0.4, 0.5) is 0 Å². The maximum atomic E-state index is 11.8. The smallest absolute Gasteiger partial charge is 0.338 e. The van der Waals surface area contributed by atoms with Crippen LogP contribution in [0.3, 0.4) is 0 Å². The third kappa shape index (κ3) is 2.54. The summed E-state index contributed by atoms with van der Waals surface area (Å²) in [5.74, 6) is 0.272. The fraction of sp³-hybridized carbons (Fsp3) is 0.429. The normalized spacial score (nSPS) is 11.0. The van der Waals surface area contributed by atoms with E-state index in [1.165, 1.54) is 0 Å². The van der Waals surface area contributed by atoms with Gasteiger partial charge in [0.25, 0.3) is 0 Å². The lowest BCUT2D eigenvalue weighted by Gasteiger charge is -2.05. The first-order valence-corrected chi connectivity index (χ1v) is 6.30. The Kier molecular flexibility index (Phi) is 3.74. The van der Waals surface area contributed by atoms with Crippen molar-refractivity contribution in [3.05, 3.63) is 23.9 Å². The number of hydrogen-bond acceptors (Lipinski definition) is 4. The molecule has 0 bridgehead atoms. The molecular formula is C14H18N2O3. The Bertz CT molecular complexity index is 602. The van der Waals surface area contributed by atoms with Gasteiger partial charge in [0.2, 0.25) is 0 Å². The minimum absolute atomic E-state index is 0.253. The highest BCUT2D eigenvalue weighted by Crippen LogP contribution is 2.28. The molecule has 1 aromatic heterocycles. The summed E-state index contributed by atoms with van der Waals surface area (Å²) in [4.78, 5) is 11.8. The zero-order chi connectivity index (χ0) is 14.0. The number of hydrogen-bond donors (Lipinski definition) is 0. The maximum Gasteiger partial charge on any atom is 0.338 e. The number of rotatable bonds is 4. The summed E-state index contributed by atoms with van der Waals surface area (Å²) in [6, 6.07) is 3.67. The highest BCUT2D eigenvalue weighted by atomic mass is 16.5. The lowest BCUT2D eigenvalue weighted by molar-refractivity contribution is 0.0526. The molecule has 0 amide bonds. The Morgan fingerprint density at radius 1 is 1.42 bits per heavy atom. The van der Waals surface area contributed by atoms with Crippen LogP contribution >= 0.6 is 0 Å². The van der Waals surface area contributed by atoms with Crippen molar-refractivity contribution in [3.63, 3.8) is 0 Å². The third-order valence-electron chi connectivity index (χ3n) is 2.86. The first kappa shape index (κ1) is 13.4. The third-order valence-corrected chi connectivity index (χ3v) is 2.86. The largest absolute Gasteiger partial charge is 0.496 e. The molecule has 1 aromatic carbocycles. The predicted octanol–water partition coefficient (Wildman–Crippen LogP) is 2.80. The van der Waals surface area contributed by atoms with Crippen molar-refractivity contribution in [2.24, 2.45) is 0 Å². The summed E-state index contributed by atoms with van der Waals surface area (Å²) in [6.45, 7) is 6.22. The van der Waals surface area contributed by atoms with E-state index < -0.39 is 0 Å². The molecule has 0 spiro atoms. The van der Waals surface area contributed by atoms with E-state index in [4.69, 9.17) is 9.47 Å². The minimum atomic E-state index is -0.359. The van der Waals surface area contributed by atoms with Gasteiger partial charge in [0.05, 0.1) is 30.2 Å². The van der Waals surface area contributed by atoms with Gasteiger partial charge in [-0.1, -0.05) is 0 Å². The summed E-state index contributed by atoms with van der Waals surface area (Å²) in [6.07, 6.45) is 1.92. The number of fused-ring (bicyclic) bond motifs is 1. The fourth-order valence-electron chi connectivity index (χ4n) is 1.88. The lowest BCUT2D eigenvalue weighted by atomic mass is 10.1. The molecule has 0 aliphatic rings. The van der Waals surface area contributed by atoms with Crippen LogP contribution in [0.15, 0.2) is 18.3 Å². The first-order chi connectivity index (χ1) is 9.06. The monoisotopic (exact) mass is 262 g/mol. The molecule has 0 N–H and O–H groups in total. The van der Waals surface area contributed by atoms with Gasteiger partial charge in [-0.2, -0.15) is 5.10 Å². The second-order valence-electron chi connectivity index (χ2n) is 4.53. The second kappa shape index (κ2) is 5.30. The zero-order valence-corrected chi connectivity index (χ0v) is 11.6. The fourth-order valence-corrected chi connectivity index (χ4v) is 1.88. The number of esters is 1. The predicted molar refractivity (Wildman–Crippen MR) is 72.6 cm³/mol. The number of methoxy groups -OCH3 is 1. The second-order valence-corrected chi connectivity index (χ2v) is 4.53. The van der Waals surface area contributed by atoms with Crippen LogP contribution in [0.5, 0.6) is 5.75 Å². The SMILES string of the molecule is CCOC(=O)c1cc(OC)c2cn(C(C)C)nc2c1. The number of nitrogens with zero attached hydrogens (tertiary/aromatic N) is 2. The molecule has 0 saturated carbocycles. The topological polar surface area (TPSA) is 53.4 Å². The quantitative estimate of drug-likeness (QED) is 0.795. The lowest BCUT2D eigenvalue weighted by Crippen LogP contribution is -2.05. The Labute approximate surface area is 112 Å². The van der Waals surface area contributed by atoms with Gasteiger partial charge in [0, 0.05) is 12.2 Å². The highest BCUT2D eigenvalue weighted by molar-refractivity contribution is 5.96. The van der Waals surface area contributed by atoms with E-state index in [9.17, 15) is 4.79 Å².